The molecule has 1 aromatic rings. The molecule has 0 amide bonds. The number of hydrogen-bond donors (Lipinski definition) is 1. The molecule has 3 rings (SSSR count). The number of aliphatic hydroxyl groups is 1. The Morgan fingerprint density at radius 1 is 1.09 bits per heavy atom. The van der Waals surface area contributed by atoms with Crippen LogP contribution in [0.25, 0.3) is 0 Å². The predicted octanol–water partition coefficient (Wildman–Crippen LogP) is 4.65. The summed E-state index contributed by atoms with van der Waals surface area (Å²) < 4.78 is 26.1. The van der Waals surface area contributed by atoms with E-state index >= 15 is 0 Å². The molecule has 1 aliphatic carbocycles. The fourth-order valence-electron chi connectivity index (χ4n) is 5.65. The Morgan fingerprint density at radius 2 is 1.85 bits per heavy atom. The Hall–Kier alpha value is -1.02. The van der Waals surface area contributed by atoms with Gasteiger partial charge in [0.25, 0.3) is 0 Å². The van der Waals surface area contributed by atoms with Crippen molar-refractivity contribution in [2.75, 3.05) is 32.4 Å². The molecular weight excluding hydrogens is 446 g/mol. The van der Waals surface area contributed by atoms with Crippen molar-refractivity contribution in [3.63, 3.8) is 0 Å². The number of β-amino-alcohol motifs (C(OH)–C–C–N with tert-alkyl or cyclic N) is 1. The van der Waals surface area contributed by atoms with Crippen molar-refractivity contribution < 1.29 is 13.5 Å². The zero-order chi connectivity index (χ0) is 24.2. The summed E-state index contributed by atoms with van der Waals surface area (Å²) in [5, 5.41) is 10.8. The number of fused-ring (bicyclic) bond motifs is 2. The van der Waals surface area contributed by atoms with Gasteiger partial charge < -0.3 is 10.0 Å². The molecule has 1 aromatic heterocycles. The Labute approximate surface area is 208 Å². The zero-order valence-electron chi connectivity index (χ0n) is 21.2. The molecule has 7 heteroatoms. The van der Waals surface area contributed by atoms with Crippen LogP contribution in [0.5, 0.6) is 0 Å². The lowest BCUT2D eigenvalue weighted by Crippen LogP contribution is -2.42. The van der Waals surface area contributed by atoms with E-state index < -0.39 is 16.1 Å². The van der Waals surface area contributed by atoms with E-state index in [1.165, 1.54) is 74.8 Å². The van der Waals surface area contributed by atoms with Gasteiger partial charge in [-0.15, -0.1) is 0 Å². The van der Waals surface area contributed by atoms with Gasteiger partial charge in [-0.3, -0.25) is 4.98 Å². The lowest BCUT2D eigenvalue weighted by Gasteiger charge is -2.28. The summed E-state index contributed by atoms with van der Waals surface area (Å²) in [5.74, 6) is 1.89. The number of pyridine rings is 1. The van der Waals surface area contributed by atoms with E-state index in [-0.39, 0.29) is 13.1 Å². The van der Waals surface area contributed by atoms with Gasteiger partial charge in [0.1, 0.15) is 0 Å². The van der Waals surface area contributed by atoms with Crippen LogP contribution in [-0.4, -0.2) is 66.3 Å². The smallest absolute Gasteiger partial charge is 0.211 e. The molecular formula is C27H46N3O3S. The zero-order valence-corrected chi connectivity index (χ0v) is 22.0. The van der Waals surface area contributed by atoms with Gasteiger partial charge in [-0.1, -0.05) is 57.4 Å². The third-order valence-electron chi connectivity index (χ3n) is 7.55. The second-order valence-corrected chi connectivity index (χ2v) is 12.6. The molecule has 1 saturated carbocycles. The number of hydrogen-bond acceptors (Lipinski definition) is 5. The van der Waals surface area contributed by atoms with Gasteiger partial charge in [0.2, 0.25) is 10.0 Å². The van der Waals surface area contributed by atoms with Crippen molar-refractivity contribution in [3.8, 4) is 0 Å². The summed E-state index contributed by atoms with van der Waals surface area (Å²) in [7, 11) is -3.43. The lowest BCUT2D eigenvalue weighted by molar-refractivity contribution is 0.0916. The molecule has 2 unspecified atom stereocenters. The normalized spacial score (nSPS) is 25.4. The van der Waals surface area contributed by atoms with Crippen molar-refractivity contribution in [2.45, 2.75) is 89.7 Å². The quantitative estimate of drug-likeness (QED) is 0.600. The molecule has 6 nitrogen and oxygen atoms in total. The Kier molecular flexibility index (Phi) is 11.8. The summed E-state index contributed by atoms with van der Waals surface area (Å²) in [6, 6.07) is 3.67. The molecule has 34 heavy (non-hydrogen) atoms. The molecule has 3 atom stereocenters. The highest BCUT2D eigenvalue weighted by molar-refractivity contribution is 7.88. The maximum absolute atomic E-state index is 12.4. The van der Waals surface area contributed by atoms with E-state index in [1.54, 1.807) is 18.5 Å². The Morgan fingerprint density at radius 3 is 2.62 bits per heavy atom. The van der Waals surface area contributed by atoms with E-state index in [0.29, 0.717) is 6.54 Å². The molecule has 2 fully saturated rings. The molecule has 2 heterocycles. The lowest BCUT2D eigenvalue weighted by atomic mass is 9.95. The fourth-order valence-corrected chi connectivity index (χ4v) is 6.48. The molecule has 1 N–H and O–H groups in total. The van der Waals surface area contributed by atoms with Crippen molar-refractivity contribution >= 4 is 10.0 Å². The number of rotatable bonds is 7. The number of nitrogens with zero attached hydrogens (tertiary/aromatic N) is 3. The molecule has 1 aliphatic heterocycles. The summed E-state index contributed by atoms with van der Waals surface area (Å²) in [4.78, 5) is 6.44. The summed E-state index contributed by atoms with van der Waals surface area (Å²) in [5.41, 5.74) is 0.829. The second kappa shape index (κ2) is 14.5. The van der Waals surface area contributed by atoms with Crippen LogP contribution in [0, 0.1) is 18.3 Å². The number of aliphatic hydroxyl groups excluding tert-OH is 1. The topological polar surface area (TPSA) is 73.7 Å². The van der Waals surface area contributed by atoms with E-state index in [4.69, 9.17) is 0 Å². The van der Waals surface area contributed by atoms with Gasteiger partial charge in [-0.05, 0) is 68.7 Å². The largest absolute Gasteiger partial charge is 0.390 e. The van der Waals surface area contributed by atoms with Crippen LogP contribution in [0.1, 0.15) is 82.6 Å². The van der Waals surface area contributed by atoms with Crippen LogP contribution in [0.15, 0.2) is 24.5 Å². The Bertz CT molecular complexity index is 768. The van der Waals surface area contributed by atoms with Crippen LogP contribution < -0.4 is 0 Å². The number of aromatic nitrogens is 1. The van der Waals surface area contributed by atoms with Gasteiger partial charge in [-0.2, -0.15) is 4.31 Å². The third-order valence-corrected chi connectivity index (χ3v) is 8.77. The van der Waals surface area contributed by atoms with Crippen molar-refractivity contribution in [3.05, 3.63) is 36.5 Å². The first-order valence-electron chi connectivity index (χ1n) is 13.5. The van der Waals surface area contributed by atoms with Crippen LogP contribution in [-0.2, 0) is 16.6 Å². The maximum Gasteiger partial charge on any atom is 0.211 e. The first-order chi connectivity index (χ1) is 16.4. The van der Waals surface area contributed by atoms with E-state index in [1.807, 2.05) is 6.07 Å². The molecule has 0 spiro atoms. The second-order valence-electron chi connectivity index (χ2n) is 10.6. The SMILES string of the molecule is CS(=O)(=O)N(Cc1cccnc1)CC(O)CN1CCCC[CH]C[C@H]2CCC(CCCCCC1)C2. The van der Waals surface area contributed by atoms with E-state index in [0.717, 1.165) is 43.3 Å². The molecule has 2 aliphatic rings. The average molecular weight is 493 g/mol. The predicted molar refractivity (Wildman–Crippen MR) is 139 cm³/mol. The molecule has 1 saturated heterocycles. The van der Waals surface area contributed by atoms with Gasteiger partial charge in [0.05, 0.1) is 12.4 Å². The van der Waals surface area contributed by atoms with Gasteiger partial charge in [0, 0.05) is 32.0 Å². The van der Waals surface area contributed by atoms with Gasteiger partial charge in [-0.25, -0.2) is 8.42 Å². The molecule has 193 valence electrons. The summed E-state index contributed by atoms with van der Waals surface area (Å²) in [6.07, 6.45) is 21.9. The van der Waals surface area contributed by atoms with Crippen molar-refractivity contribution in [1.29, 1.82) is 0 Å². The summed E-state index contributed by atoms with van der Waals surface area (Å²) in [6.45, 7) is 2.82. The highest BCUT2D eigenvalue weighted by Crippen LogP contribution is 2.37. The highest BCUT2D eigenvalue weighted by Gasteiger charge is 2.24. The Balaban J connectivity index is 1.50. The van der Waals surface area contributed by atoms with E-state index in [9.17, 15) is 13.5 Å². The maximum atomic E-state index is 12.4. The minimum Gasteiger partial charge on any atom is -0.390 e. The highest BCUT2D eigenvalue weighted by atomic mass is 32.2. The van der Waals surface area contributed by atoms with Crippen LogP contribution >= 0.6 is 0 Å². The molecule has 2 bridgehead atoms. The third kappa shape index (κ3) is 10.3. The first kappa shape index (κ1) is 27.6. The van der Waals surface area contributed by atoms with Gasteiger partial charge >= 0.3 is 0 Å². The monoisotopic (exact) mass is 492 g/mol. The van der Waals surface area contributed by atoms with Crippen LogP contribution in [0.3, 0.4) is 0 Å². The summed E-state index contributed by atoms with van der Waals surface area (Å²) >= 11 is 0. The molecule has 1 radical (unpaired) electrons. The van der Waals surface area contributed by atoms with Crippen LogP contribution in [0.4, 0.5) is 0 Å². The van der Waals surface area contributed by atoms with Crippen molar-refractivity contribution in [1.82, 2.24) is 14.2 Å². The van der Waals surface area contributed by atoms with Crippen molar-refractivity contribution in [2.24, 2.45) is 11.8 Å². The fraction of sp³-hybridized carbons (Fsp3) is 0.778. The van der Waals surface area contributed by atoms with Crippen LogP contribution in [0.2, 0.25) is 0 Å². The average Bonchev–Trinajstić information content (AvgIpc) is 3.24. The minimum atomic E-state index is -3.43. The van der Waals surface area contributed by atoms with Gasteiger partial charge in [0.15, 0.2) is 0 Å². The number of sulfonamides is 1. The minimum absolute atomic E-state index is 0.112. The molecule has 0 aromatic carbocycles. The standard InChI is InChI=1S/C27H46N3O3S/c1-34(32,33)30(21-26-13-10-16-28-20-26)23-27(31)22-29-17-8-4-2-6-11-24-14-15-25(19-24)12-7-3-5-9-18-29/h6,10,13,16,20,24-25,27,31H,2-5,7-9,11-12,14-15,17-19,21-23H2,1H3/t24-,25?,27?/m0/s1. The van der Waals surface area contributed by atoms with E-state index in [2.05, 4.69) is 16.3 Å². The first-order valence-corrected chi connectivity index (χ1v) is 15.3.